The Bertz CT molecular complexity index is 1180. The lowest BCUT2D eigenvalue weighted by molar-refractivity contribution is 0.102. The predicted octanol–water partition coefficient (Wildman–Crippen LogP) is 7.55. The van der Waals surface area contributed by atoms with Crippen LogP contribution in [-0.4, -0.2) is 5.78 Å². The van der Waals surface area contributed by atoms with E-state index in [0.717, 1.165) is 0 Å². The predicted molar refractivity (Wildman–Crippen MR) is 112 cm³/mol. The average molecular weight is 427 g/mol. The summed E-state index contributed by atoms with van der Waals surface area (Å²) in [7, 11) is 0. The normalized spacial score (nSPS) is 11.3. The second-order valence-electron chi connectivity index (χ2n) is 6.17. The summed E-state index contributed by atoms with van der Waals surface area (Å²) in [5.74, 6) is 0.957. The van der Waals surface area contributed by atoms with Gasteiger partial charge >= 0.3 is 0 Å². The van der Waals surface area contributed by atoms with Crippen LogP contribution >= 0.6 is 23.2 Å². The molecule has 2 aromatic carbocycles. The van der Waals surface area contributed by atoms with Gasteiger partial charge < -0.3 is 8.83 Å². The topological polar surface area (TPSA) is 43.4 Å². The van der Waals surface area contributed by atoms with Crippen molar-refractivity contribution in [2.24, 2.45) is 0 Å². The maximum atomic E-state index is 13.0. The zero-order valence-corrected chi connectivity index (χ0v) is 16.4. The molecule has 0 bridgehead atoms. The summed E-state index contributed by atoms with van der Waals surface area (Å²) in [4.78, 5) is 12.4. The molecule has 0 aliphatic rings. The van der Waals surface area contributed by atoms with E-state index in [1.807, 2.05) is 0 Å². The van der Waals surface area contributed by atoms with Crippen LogP contribution in [0.2, 0.25) is 10.0 Å². The van der Waals surface area contributed by atoms with Crippen molar-refractivity contribution < 1.29 is 18.0 Å². The van der Waals surface area contributed by atoms with Gasteiger partial charge in [0.05, 0.1) is 15.6 Å². The van der Waals surface area contributed by atoms with Crippen LogP contribution < -0.4 is 0 Å². The van der Waals surface area contributed by atoms with E-state index >= 15 is 0 Å². The van der Waals surface area contributed by atoms with Gasteiger partial charge in [-0.25, -0.2) is 4.39 Å². The number of hydrogen-bond donors (Lipinski definition) is 0. The maximum Gasteiger partial charge on any atom is 0.221 e. The molecule has 0 saturated heterocycles. The molecule has 0 aliphatic heterocycles. The van der Waals surface area contributed by atoms with E-state index in [0.29, 0.717) is 38.5 Å². The fourth-order valence-electron chi connectivity index (χ4n) is 2.79. The first-order valence-corrected chi connectivity index (χ1v) is 9.39. The molecule has 0 spiro atoms. The lowest BCUT2D eigenvalue weighted by Gasteiger charge is -2.02. The minimum atomic E-state index is -0.338. The number of benzene rings is 2. The molecule has 0 saturated carbocycles. The van der Waals surface area contributed by atoms with Gasteiger partial charge in [0.1, 0.15) is 23.1 Å². The molecule has 4 aromatic rings. The first-order chi connectivity index (χ1) is 14.0. The molecule has 3 nitrogen and oxygen atoms in total. The van der Waals surface area contributed by atoms with Crippen LogP contribution in [0.4, 0.5) is 4.39 Å². The summed E-state index contributed by atoms with van der Waals surface area (Å²) >= 11 is 12.4. The van der Waals surface area contributed by atoms with E-state index in [-0.39, 0.29) is 17.4 Å². The Morgan fingerprint density at radius 2 is 1.52 bits per heavy atom. The van der Waals surface area contributed by atoms with Crippen molar-refractivity contribution in [3.05, 3.63) is 100 Å². The molecule has 0 atom stereocenters. The van der Waals surface area contributed by atoms with E-state index in [4.69, 9.17) is 32.0 Å². The second-order valence-corrected chi connectivity index (χ2v) is 6.98. The van der Waals surface area contributed by atoms with Crippen LogP contribution in [0.5, 0.6) is 0 Å². The van der Waals surface area contributed by atoms with Crippen LogP contribution in [0, 0.1) is 5.82 Å². The smallest absolute Gasteiger partial charge is 0.221 e. The van der Waals surface area contributed by atoms with Gasteiger partial charge in [-0.05, 0) is 72.8 Å². The van der Waals surface area contributed by atoms with Crippen molar-refractivity contribution in [3.63, 3.8) is 0 Å². The van der Waals surface area contributed by atoms with E-state index in [1.54, 1.807) is 54.6 Å². The molecule has 0 aliphatic carbocycles. The second kappa shape index (κ2) is 8.11. The molecule has 0 radical (unpaired) electrons. The minimum Gasteiger partial charge on any atom is -0.457 e. The quantitative estimate of drug-likeness (QED) is 0.244. The van der Waals surface area contributed by atoms with E-state index in [2.05, 4.69) is 0 Å². The molecule has 0 fully saturated rings. The Hall–Kier alpha value is -3.08. The highest BCUT2D eigenvalue weighted by Gasteiger charge is 2.13. The number of rotatable bonds is 5. The van der Waals surface area contributed by atoms with Crippen LogP contribution in [0.25, 0.3) is 28.7 Å². The maximum absolute atomic E-state index is 13.0. The van der Waals surface area contributed by atoms with Crippen molar-refractivity contribution >= 4 is 35.1 Å². The van der Waals surface area contributed by atoms with E-state index in [1.165, 1.54) is 24.3 Å². The Labute approximate surface area is 176 Å². The SMILES string of the molecule is O=C(C=Cc1ccc(-c2c(Cl)cccc2Cl)o1)c1ccc(-c2ccc(F)cc2)o1. The Morgan fingerprint density at radius 3 is 2.24 bits per heavy atom. The molecule has 29 heavy (non-hydrogen) atoms. The molecule has 6 heteroatoms. The number of carbonyl (C=O) groups excluding carboxylic acids is 1. The molecular weight excluding hydrogens is 414 g/mol. The van der Waals surface area contributed by atoms with Crippen molar-refractivity contribution in [1.29, 1.82) is 0 Å². The van der Waals surface area contributed by atoms with E-state index < -0.39 is 0 Å². The molecule has 4 rings (SSSR count). The summed E-state index contributed by atoms with van der Waals surface area (Å²) in [6.45, 7) is 0. The third-order valence-electron chi connectivity index (χ3n) is 4.21. The lowest BCUT2D eigenvalue weighted by atomic mass is 10.2. The van der Waals surface area contributed by atoms with Crippen LogP contribution in [0.15, 0.2) is 81.6 Å². The highest BCUT2D eigenvalue weighted by molar-refractivity contribution is 6.39. The number of ketones is 1. The Balaban J connectivity index is 1.51. The molecule has 0 N–H and O–H groups in total. The highest BCUT2D eigenvalue weighted by Crippen LogP contribution is 2.35. The first kappa shape index (κ1) is 19.2. The minimum absolute atomic E-state index is 0.168. The van der Waals surface area contributed by atoms with Crippen molar-refractivity contribution in [1.82, 2.24) is 0 Å². The average Bonchev–Trinajstić information content (AvgIpc) is 3.37. The molecule has 0 amide bonds. The third-order valence-corrected chi connectivity index (χ3v) is 4.84. The van der Waals surface area contributed by atoms with Gasteiger partial charge in [0.25, 0.3) is 0 Å². The van der Waals surface area contributed by atoms with Crippen molar-refractivity contribution in [3.8, 4) is 22.6 Å². The zero-order chi connectivity index (χ0) is 20.4. The van der Waals surface area contributed by atoms with Gasteiger partial charge in [0, 0.05) is 5.56 Å². The van der Waals surface area contributed by atoms with Gasteiger partial charge in [-0.2, -0.15) is 0 Å². The first-order valence-electron chi connectivity index (χ1n) is 8.64. The Morgan fingerprint density at radius 1 is 0.828 bits per heavy atom. The van der Waals surface area contributed by atoms with Crippen LogP contribution in [0.3, 0.4) is 0 Å². The van der Waals surface area contributed by atoms with Gasteiger partial charge in [-0.1, -0.05) is 29.3 Å². The molecule has 0 unspecified atom stereocenters. The number of allylic oxidation sites excluding steroid dienone is 1. The van der Waals surface area contributed by atoms with Gasteiger partial charge in [-0.15, -0.1) is 0 Å². The van der Waals surface area contributed by atoms with Gasteiger partial charge in [-0.3, -0.25) is 4.79 Å². The van der Waals surface area contributed by atoms with Gasteiger partial charge in [0.15, 0.2) is 5.76 Å². The number of carbonyl (C=O) groups is 1. The fraction of sp³-hybridized carbons (Fsp3) is 0. The molecule has 2 heterocycles. The van der Waals surface area contributed by atoms with Crippen LogP contribution in [0.1, 0.15) is 16.3 Å². The molecule has 2 aromatic heterocycles. The van der Waals surface area contributed by atoms with Gasteiger partial charge in [0.2, 0.25) is 5.78 Å². The van der Waals surface area contributed by atoms with Crippen molar-refractivity contribution in [2.45, 2.75) is 0 Å². The monoisotopic (exact) mass is 426 g/mol. The number of furan rings is 2. The molecular formula is C23H13Cl2FO3. The number of hydrogen-bond acceptors (Lipinski definition) is 3. The standard InChI is InChI=1S/C23H13Cl2FO3/c24-17-2-1-3-18(25)23(17)22-11-9-16(28-22)8-10-19(27)21-13-12-20(29-21)14-4-6-15(26)7-5-14/h1-13H. The fourth-order valence-corrected chi connectivity index (χ4v) is 3.37. The highest BCUT2D eigenvalue weighted by atomic mass is 35.5. The summed E-state index contributed by atoms with van der Waals surface area (Å²) in [5, 5.41) is 0.949. The Kier molecular flexibility index (Phi) is 5.38. The third kappa shape index (κ3) is 4.19. The summed E-state index contributed by atoms with van der Waals surface area (Å²) < 4.78 is 24.3. The lowest BCUT2D eigenvalue weighted by Crippen LogP contribution is -1.90. The number of halogens is 3. The zero-order valence-electron chi connectivity index (χ0n) is 14.9. The summed E-state index contributed by atoms with van der Waals surface area (Å²) in [6, 6.07) is 17.7. The van der Waals surface area contributed by atoms with Crippen LogP contribution in [-0.2, 0) is 0 Å². The molecule has 144 valence electrons. The van der Waals surface area contributed by atoms with Crippen molar-refractivity contribution in [2.75, 3.05) is 0 Å². The summed E-state index contributed by atoms with van der Waals surface area (Å²) in [6.07, 6.45) is 2.89. The summed E-state index contributed by atoms with van der Waals surface area (Å²) in [5.41, 5.74) is 1.28. The van der Waals surface area contributed by atoms with E-state index in [9.17, 15) is 9.18 Å². The largest absolute Gasteiger partial charge is 0.457 e.